The van der Waals surface area contributed by atoms with Crippen molar-refractivity contribution in [3.05, 3.63) is 35.4 Å². The molecule has 18 heavy (non-hydrogen) atoms. The van der Waals surface area contributed by atoms with Crippen LogP contribution in [0.5, 0.6) is 0 Å². The van der Waals surface area contributed by atoms with E-state index < -0.39 is 28.0 Å². The largest absolute Gasteiger partial charge is 0.481 e. The van der Waals surface area contributed by atoms with Gasteiger partial charge in [-0.1, -0.05) is 36.5 Å². The van der Waals surface area contributed by atoms with Gasteiger partial charge in [0.2, 0.25) is 0 Å². The van der Waals surface area contributed by atoms with Gasteiger partial charge in [-0.2, -0.15) is 0 Å². The van der Waals surface area contributed by atoms with Gasteiger partial charge in [-0.3, -0.25) is 4.79 Å². The van der Waals surface area contributed by atoms with E-state index in [9.17, 15) is 13.2 Å². The van der Waals surface area contributed by atoms with Gasteiger partial charge >= 0.3 is 5.97 Å². The van der Waals surface area contributed by atoms with Gasteiger partial charge < -0.3 is 10.8 Å². The van der Waals surface area contributed by atoms with E-state index in [1.165, 1.54) is 0 Å². The number of nitrogens with two attached hydrogens (primary N) is 1. The Morgan fingerprint density at radius 1 is 1.33 bits per heavy atom. The van der Waals surface area contributed by atoms with E-state index in [1.54, 1.807) is 24.3 Å². The Kier molecular flexibility index (Phi) is 4.80. The van der Waals surface area contributed by atoms with Crippen molar-refractivity contribution in [1.82, 2.24) is 0 Å². The lowest BCUT2D eigenvalue weighted by Gasteiger charge is -2.08. The smallest absolute Gasteiger partial charge is 0.304 e. The summed E-state index contributed by atoms with van der Waals surface area (Å²) in [6.45, 7) is 0. The minimum absolute atomic E-state index is 0.124. The Labute approximate surface area is 111 Å². The molecule has 0 aliphatic rings. The van der Waals surface area contributed by atoms with Gasteiger partial charge in [0.25, 0.3) is 0 Å². The molecule has 5 nitrogen and oxygen atoms in total. The second-order valence-electron chi connectivity index (χ2n) is 3.76. The molecule has 0 atom stereocenters. The summed E-state index contributed by atoms with van der Waals surface area (Å²) in [6, 6.07) is 6.66. The average Bonchev–Trinajstić information content (AvgIpc) is 2.26. The molecule has 0 saturated heterocycles. The maximum Gasteiger partial charge on any atom is 0.304 e. The number of rotatable bonds is 6. The van der Waals surface area contributed by atoms with E-state index in [-0.39, 0.29) is 10.7 Å². The molecule has 0 aliphatic carbocycles. The fraction of sp³-hybridized carbons (Fsp3) is 0.273. The minimum Gasteiger partial charge on any atom is -0.481 e. The third-order valence-corrected chi connectivity index (χ3v) is 4.08. The molecule has 0 unspecified atom stereocenters. The van der Waals surface area contributed by atoms with Crippen molar-refractivity contribution in [3.63, 3.8) is 0 Å². The number of carboxylic acid groups (broad SMARTS) is 1. The lowest BCUT2D eigenvalue weighted by Crippen LogP contribution is -2.17. The molecule has 0 heterocycles. The van der Waals surface area contributed by atoms with Crippen LogP contribution in [-0.2, 0) is 20.4 Å². The number of thiocarbonyl (C=S) groups is 1. The summed E-state index contributed by atoms with van der Waals surface area (Å²) in [6.07, 6.45) is -0.405. The zero-order valence-corrected chi connectivity index (χ0v) is 11.1. The maximum absolute atomic E-state index is 11.7. The molecule has 0 aromatic heterocycles. The van der Waals surface area contributed by atoms with Gasteiger partial charge in [-0.25, -0.2) is 8.42 Å². The highest BCUT2D eigenvalue weighted by atomic mass is 32.2. The Balaban J connectivity index is 2.90. The zero-order valence-electron chi connectivity index (χ0n) is 9.50. The molecule has 0 amide bonds. The van der Waals surface area contributed by atoms with Crippen molar-refractivity contribution in [2.24, 2.45) is 5.73 Å². The molecule has 1 aromatic rings. The average molecular weight is 287 g/mol. The number of hydrogen-bond acceptors (Lipinski definition) is 4. The molecule has 3 N–H and O–H groups in total. The van der Waals surface area contributed by atoms with Crippen molar-refractivity contribution in [2.75, 3.05) is 5.75 Å². The Morgan fingerprint density at radius 2 is 1.94 bits per heavy atom. The zero-order chi connectivity index (χ0) is 13.8. The van der Waals surface area contributed by atoms with Crippen molar-refractivity contribution >= 4 is 33.0 Å². The van der Waals surface area contributed by atoms with Crippen LogP contribution in [0.3, 0.4) is 0 Å². The second-order valence-corrected chi connectivity index (χ2v) is 6.38. The van der Waals surface area contributed by atoms with E-state index in [2.05, 4.69) is 0 Å². The van der Waals surface area contributed by atoms with Crippen molar-refractivity contribution in [3.8, 4) is 0 Å². The first-order valence-corrected chi connectivity index (χ1v) is 7.35. The number of sulfone groups is 1. The summed E-state index contributed by atoms with van der Waals surface area (Å²) in [7, 11) is -3.48. The number of carbonyl (C=O) groups is 1. The number of hydrogen-bond donors (Lipinski definition) is 2. The van der Waals surface area contributed by atoms with Gasteiger partial charge in [0.05, 0.1) is 17.9 Å². The van der Waals surface area contributed by atoms with Gasteiger partial charge in [-0.15, -0.1) is 0 Å². The van der Waals surface area contributed by atoms with Crippen molar-refractivity contribution < 1.29 is 18.3 Å². The molecule has 7 heteroatoms. The Morgan fingerprint density at radius 3 is 2.50 bits per heavy atom. The molecule has 0 radical (unpaired) electrons. The summed E-state index contributed by atoms with van der Waals surface area (Å²) in [5.74, 6) is -1.79. The first-order valence-electron chi connectivity index (χ1n) is 5.12. The van der Waals surface area contributed by atoms with Crippen LogP contribution >= 0.6 is 12.2 Å². The molecule has 0 fully saturated rings. The standard InChI is InChI=1S/C11H13NO4S2/c12-11(17)9-4-2-1-3-8(9)7-18(15,16)6-5-10(13)14/h1-4H,5-7H2,(H2,12,17)(H,13,14). The van der Waals surface area contributed by atoms with Crippen LogP contribution in [0, 0.1) is 0 Å². The topological polar surface area (TPSA) is 97.5 Å². The van der Waals surface area contributed by atoms with E-state index in [4.69, 9.17) is 23.1 Å². The minimum atomic E-state index is -3.48. The highest BCUT2D eigenvalue weighted by Gasteiger charge is 2.16. The quantitative estimate of drug-likeness (QED) is 0.748. The monoisotopic (exact) mass is 287 g/mol. The van der Waals surface area contributed by atoms with E-state index in [1.807, 2.05) is 0 Å². The molecule has 98 valence electrons. The molecule has 1 aromatic carbocycles. The van der Waals surface area contributed by atoms with Crippen molar-refractivity contribution in [2.45, 2.75) is 12.2 Å². The van der Waals surface area contributed by atoms with Crippen LogP contribution in [-0.4, -0.2) is 30.2 Å². The van der Waals surface area contributed by atoms with Crippen molar-refractivity contribution in [1.29, 1.82) is 0 Å². The van der Waals surface area contributed by atoms with E-state index >= 15 is 0 Å². The van der Waals surface area contributed by atoms with Crippen LogP contribution in [0.1, 0.15) is 17.5 Å². The molecular formula is C11H13NO4S2. The number of carboxylic acids is 1. The third-order valence-electron chi connectivity index (χ3n) is 2.29. The molecule has 0 aliphatic heterocycles. The fourth-order valence-electron chi connectivity index (χ4n) is 1.44. The van der Waals surface area contributed by atoms with E-state index in [0.29, 0.717) is 11.1 Å². The number of benzene rings is 1. The van der Waals surface area contributed by atoms with Crippen LogP contribution in [0.25, 0.3) is 0 Å². The fourth-order valence-corrected chi connectivity index (χ4v) is 2.99. The molecule has 0 spiro atoms. The first kappa shape index (κ1) is 14.6. The van der Waals surface area contributed by atoms with Crippen LogP contribution in [0.2, 0.25) is 0 Å². The highest BCUT2D eigenvalue weighted by Crippen LogP contribution is 2.13. The van der Waals surface area contributed by atoms with Gasteiger partial charge in [0.1, 0.15) is 4.99 Å². The Hall–Kier alpha value is -1.47. The predicted octanol–water partition coefficient (Wildman–Crippen LogP) is 0.710. The molecule has 0 bridgehead atoms. The summed E-state index contributed by atoms with van der Waals surface area (Å²) in [5, 5.41) is 8.48. The lowest BCUT2D eigenvalue weighted by molar-refractivity contribution is -0.136. The van der Waals surface area contributed by atoms with Crippen LogP contribution < -0.4 is 5.73 Å². The van der Waals surface area contributed by atoms with Gasteiger partial charge in [-0.05, 0) is 5.56 Å². The normalized spacial score (nSPS) is 11.1. The Bertz CT molecular complexity index is 566. The third kappa shape index (κ3) is 4.42. The first-order chi connectivity index (χ1) is 8.32. The SMILES string of the molecule is NC(=S)c1ccccc1CS(=O)(=O)CCC(=O)O. The highest BCUT2D eigenvalue weighted by molar-refractivity contribution is 7.90. The summed E-state index contributed by atoms with van der Waals surface area (Å²) >= 11 is 4.83. The maximum atomic E-state index is 11.7. The van der Waals surface area contributed by atoms with Gasteiger partial charge in [0, 0.05) is 5.56 Å². The van der Waals surface area contributed by atoms with Crippen LogP contribution in [0.4, 0.5) is 0 Å². The molecule has 0 saturated carbocycles. The van der Waals surface area contributed by atoms with Gasteiger partial charge in [0.15, 0.2) is 9.84 Å². The summed E-state index contributed by atoms with van der Waals surface area (Å²) in [4.78, 5) is 10.5. The predicted molar refractivity (Wildman–Crippen MR) is 72.1 cm³/mol. The molecule has 1 rings (SSSR count). The van der Waals surface area contributed by atoms with E-state index in [0.717, 1.165) is 0 Å². The molecular weight excluding hydrogens is 274 g/mol. The summed E-state index contributed by atoms with van der Waals surface area (Å²) in [5.41, 5.74) is 6.50. The summed E-state index contributed by atoms with van der Waals surface area (Å²) < 4.78 is 23.5. The second kappa shape index (κ2) is 5.92. The lowest BCUT2D eigenvalue weighted by atomic mass is 10.1. The number of aliphatic carboxylic acids is 1. The van der Waals surface area contributed by atoms with Crippen LogP contribution in [0.15, 0.2) is 24.3 Å².